The fourth-order valence-corrected chi connectivity index (χ4v) is 2.83. The van der Waals surface area contributed by atoms with Crippen LogP contribution in [0, 0.1) is 5.92 Å². The van der Waals surface area contributed by atoms with Crippen molar-refractivity contribution in [2.45, 2.75) is 58.6 Å². The number of nitrogens with one attached hydrogen (secondary N) is 1. The molecule has 0 aromatic rings. The summed E-state index contributed by atoms with van der Waals surface area (Å²) in [6.45, 7) is 8.83. The number of carbonyl (C=O) groups is 1. The zero-order chi connectivity index (χ0) is 14.3. The molecule has 5 heteroatoms. The Bertz CT molecular complexity index is 275. The first kappa shape index (κ1) is 19.7. The SMILES string of the molecule is CNCC1CCCN1C(=O)CCOC(C)CC(C)C.Cl. The summed E-state index contributed by atoms with van der Waals surface area (Å²) in [6.07, 6.45) is 4.07. The van der Waals surface area contributed by atoms with E-state index in [9.17, 15) is 4.79 Å². The van der Waals surface area contributed by atoms with Crippen LogP contribution in [0.1, 0.15) is 46.5 Å². The van der Waals surface area contributed by atoms with E-state index in [4.69, 9.17) is 4.74 Å². The van der Waals surface area contributed by atoms with Crippen molar-refractivity contribution in [3.05, 3.63) is 0 Å². The van der Waals surface area contributed by atoms with Crippen molar-refractivity contribution in [3.8, 4) is 0 Å². The largest absolute Gasteiger partial charge is 0.378 e. The number of rotatable bonds is 8. The maximum absolute atomic E-state index is 12.2. The van der Waals surface area contributed by atoms with Gasteiger partial charge in [0.2, 0.25) is 5.91 Å². The van der Waals surface area contributed by atoms with E-state index in [0.717, 1.165) is 32.4 Å². The predicted molar refractivity (Wildman–Crippen MR) is 85.4 cm³/mol. The van der Waals surface area contributed by atoms with Gasteiger partial charge in [-0.15, -0.1) is 12.4 Å². The van der Waals surface area contributed by atoms with Crippen LogP contribution in [-0.4, -0.2) is 49.7 Å². The van der Waals surface area contributed by atoms with Gasteiger partial charge in [-0.3, -0.25) is 4.79 Å². The molecule has 0 aromatic carbocycles. The normalized spacial score (nSPS) is 20.1. The monoisotopic (exact) mass is 306 g/mol. The molecular formula is C15H31ClN2O2. The number of nitrogens with zero attached hydrogens (tertiary/aromatic N) is 1. The van der Waals surface area contributed by atoms with Gasteiger partial charge in [-0.05, 0) is 39.2 Å². The van der Waals surface area contributed by atoms with Gasteiger partial charge in [0.05, 0.1) is 19.1 Å². The molecule has 2 atom stereocenters. The molecule has 0 radical (unpaired) electrons. The molecule has 4 nitrogen and oxygen atoms in total. The molecule has 1 rings (SSSR count). The summed E-state index contributed by atoms with van der Waals surface area (Å²) in [6, 6.07) is 0.380. The van der Waals surface area contributed by atoms with Crippen LogP contribution in [0.2, 0.25) is 0 Å². The summed E-state index contributed by atoms with van der Waals surface area (Å²) >= 11 is 0. The molecule has 0 saturated carbocycles. The smallest absolute Gasteiger partial charge is 0.225 e. The van der Waals surface area contributed by atoms with Crippen molar-refractivity contribution in [2.24, 2.45) is 5.92 Å². The number of likely N-dealkylation sites (N-methyl/N-ethyl adjacent to an activating group) is 1. The molecule has 1 saturated heterocycles. The van der Waals surface area contributed by atoms with Gasteiger partial charge in [-0.25, -0.2) is 0 Å². The van der Waals surface area contributed by atoms with Crippen LogP contribution in [0.5, 0.6) is 0 Å². The third kappa shape index (κ3) is 6.91. The Balaban J connectivity index is 0.00000361. The van der Waals surface area contributed by atoms with Crippen LogP contribution in [0.3, 0.4) is 0 Å². The van der Waals surface area contributed by atoms with Crippen molar-refractivity contribution >= 4 is 18.3 Å². The number of hydrogen-bond acceptors (Lipinski definition) is 3. The van der Waals surface area contributed by atoms with Crippen molar-refractivity contribution in [1.82, 2.24) is 10.2 Å². The first-order chi connectivity index (χ1) is 9.04. The molecule has 0 bridgehead atoms. The lowest BCUT2D eigenvalue weighted by Crippen LogP contribution is -2.41. The highest BCUT2D eigenvalue weighted by atomic mass is 35.5. The van der Waals surface area contributed by atoms with Gasteiger partial charge in [0.25, 0.3) is 0 Å². The van der Waals surface area contributed by atoms with Crippen LogP contribution in [0.4, 0.5) is 0 Å². The molecule has 0 spiro atoms. The highest BCUT2D eigenvalue weighted by Gasteiger charge is 2.27. The summed E-state index contributed by atoms with van der Waals surface area (Å²) in [5, 5.41) is 3.17. The van der Waals surface area contributed by atoms with E-state index in [0.29, 0.717) is 25.0 Å². The van der Waals surface area contributed by atoms with E-state index in [1.54, 1.807) is 0 Å². The third-order valence-electron chi connectivity index (χ3n) is 3.66. The second-order valence-electron chi connectivity index (χ2n) is 6.00. The lowest BCUT2D eigenvalue weighted by molar-refractivity contribution is -0.133. The molecule has 20 heavy (non-hydrogen) atoms. The van der Waals surface area contributed by atoms with Crippen molar-refractivity contribution in [1.29, 1.82) is 0 Å². The maximum Gasteiger partial charge on any atom is 0.225 e. The van der Waals surface area contributed by atoms with Crippen LogP contribution in [-0.2, 0) is 9.53 Å². The Hall–Kier alpha value is -0.320. The molecule has 0 aliphatic carbocycles. The summed E-state index contributed by atoms with van der Waals surface area (Å²) < 4.78 is 5.72. The Morgan fingerprint density at radius 3 is 2.70 bits per heavy atom. The first-order valence-electron chi connectivity index (χ1n) is 7.60. The molecule has 1 N–H and O–H groups in total. The van der Waals surface area contributed by atoms with Crippen molar-refractivity contribution < 1.29 is 9.53 Å². The average molecular weight is 307 g/mol. The van der Waals surface area contributed by atoms with E-state index >= 15 is 0 Å². The maximum atomic E-state index is 12.2. The second-order valence-corrected chi connectivity index (χ2v) is 6.00. The second kappa shape index (κ2) is 10.4. The van der Waals surface area contributed by atoms with Crippen LogP contribution in [0.25, 0.3) is 0 Å². The molecular weight excluding hydrogens is 276 g/mol. The van der Waals surface area contributed by atoms with E-state index < -0.39 is 0 Å². The third-order valence-corrected chi connectivity index (χ3v) is 3.66. The minimum atomic E-state index is 0. The highest BCUT2D eigenvalue weighted by Crippen LogP contribution is 2.17. The van der Waals surface area contributed by atoms with E-state index in [2.05, 4.69) is 26.1 Å². The summed E-state index contributed by atoms with van der Waals surface area (Å²) in [5.41, 5.74) is 0. The number of hydrogen-bond donors (Lipinski definition) is 1. The first-order valence-corrected chi connectivity index (χ1v) is 7.60. The molecule has 1 aliphatic heterocycles. The van der Waals surface area contributed by atoms with Gasteiger partial charge in [0.1, 0.15) is 0 Å². The zero-order valence-corrected chi connectivity index (χ0v) is 14.2. The van der Waals surface area contributed by atoms with Gasteiger partial charge in [-0.1, -0.05) is 13.8 Å². The number of halogens is 1. The number of amides is 1. The summed E-state index contributed by atoms with van der Waals surface area (Å²) in [4.78, 5) is 14.2. The van der Waals surface area contributed by atoms with E-state index in [-0.39, 0.29) is 24.4 Å². The van der Waals surface area contributed by atoms with Gasteiger partial charge < -0.3 is 15.0 Å². The average Bonchev–Trinajstić information content (AvgIpc) is 2.76. The summed E-state index contributed by atoms with van der Waals surface area (Å²) in [7, 11) is 1.94. The Morgan fingerprint density at radius 1 is 1.40 bits per heavy atom. The zero-order valence-electron chi connectivity index (χ0n) is 13.4. The Kier molecular flexibility index (Phi) is 10.2. The lowest BCUT2D eigenvalue weighted by Gasteiger charge is -2.25. The molecule has 120 valence electrons. The van der Waals surface area contributed by atoms with Gasteiger partial charge in [-0.2, -0.15) is 0 Å². The predicted octanol–water partition coefficient (Wildman–Crippen LogP) is 2.46. The molecule has 1 amide bonds. The quantitative estimate of drug-likeness (QED) is 0.749. The Morgan fingerprint density at radius 2 is 2.10 bits per heavy atom. The Labute approximate surface area is 130 Å². The molecule has 2 unspecified atom stereocenters. The molecule has 0 aromatic heterocycles. The van der Waals surface area contributed by atoms with Crippen LogP contribution in [0.15, 0.2) is 0 Å². The van der Waals surface area contributed by atoms with Crippen LogP contribution < -0.4 is 5.32 Å². The fraction of sp³-hybridized carbons (Fsp3) is 0.933. The summed E-state index contributed by atoms with van der Waals surface area (Å²) in [5.74, 6) is 0.888. The topological polar surface area (TPSA) is 41.6 Å². The van der Waals surface area contributed by atoms with E-state index in [1.807, 2.05) is 11.9 Å². The molecule has 1 aliphatic rings. The minimum absolute atomic E-state index is 0. The van der Waals surface area contributed by atoms with Gasteiger partial charge in [0, 0.05) is 19.1 Å². The molecule has 1 heterocycles. The molecule has 1 fully saturated rings. The fourth-order valence-electron chi connectivity index (χ4n) is 2.83. The minimum Gasteiger partial charge on any atom is -0.378 e. The van der Waals surface area contributed by atoms with E-state index in [1.165, 1.54) is 0 Å². The lowest BCUT2D eigenvalue weighted by atomic mass is 10.1. The number of ether oxygens (including phenoxy) is 1. The van der Waals surface area contributed by atoms with Crippen molar-refractivity contribution in [2.75, 3.05) is 26.7 Å². The van der Waals surface area contributed by atoms with Gasteiger partial charge in [0.15, 0.2) is 0 Å². The van der Waals surface area contributed by atoms with Crippen molar-refractivity contribution in [3.63, 3.8) is 0 Å². The highest BCUT2D eigenvalue weighted by molar-refractivity contribution is 5.85. The number of likely N-dealkylation sites (tertiary alicyclic amines) is 1. The van der Waals surface area contributed by atoms with Gasteiger partial charge >= 0.3 is 0 Å². The standard InChI is InChI=1S/C15H30N2O2.ClH/c1-12(2)10-13(3)19-9-7-15(18)17-8-5-6-14(17)11-16-4;/h12-14,16H,5-11H2,1-4H3;1H. The van der Waals surface area contributed by atoms with Crippen LogP contribution >= 0.6 is 12.4 Å². The number of carbonyl (C=O) groups excluding carboxylic acids is 1.